The summed E-state index contributed by atoms with van der Waals surface area (Å²) in [5, 5.41) is 0. The molecule has 1 saturated heterocycles. The zero-order valence-electron chi connectivity index (χ0n) is 7.80. The van der Waals surface area contributed by atoms with Gasteiger partial charge in [0.1, 0.15) is 5.76 Å². The average molecular weight is 168 g/mol. The zero-order chi connectivity index (χ0) is 9.14. The molecule has 2 nitrogen and oxygen atoms in total. The molecular weight excluding hydrogens is 152 g/mol. The van der Waals surface area contributed by atoms with Crippen molar-refractivity contribution in [3.63, 3.8) is 0 Å². The van der Waals surface area contributed by atoms with Gasteiger partial charge < -0.3 is 4.74 Å². The van der Waals surface area contributed by atoms with Crippen LogP contribution < -0.4 is 0 Å². The van der Waals surface area contributed by atoms with E-state index in [4.69, 9.17) is 4.74 Å². The molecule has 0 aliphatic carbocycles. The van der Waals surface area contributed by atoms with Gasteiger partial charge in [-0.25, -0.2) is 0 Å². The van der Waals surface area contributed by atoms with Crippen LogP contribution in [0, 0.1) is 11.8 Å². The minimum atomic E-state index is -0.114. The van der Waals surface area contributed by atoms with Crippen LogP contribution in [0.2, 0.25) is 0 Å². The summed E-state index contributed by atoms with van der Waals surface area (Å²) < 4.78 is 4.86. The standard InChI is InChI=1S/C10H16O2/c1-7(2)4-9-5-8(3)12-10(11)6-9/h7,9H,3-6H2,1-2H3. The van der Waals surface area contributed by atoms with E-state index in [-0.39, 0.29) is 5.97 Å². The molecule has 1 aliphatic heterocycles. The first-order valence-corrected chi connectivity index (χ1v) is 4.46. The zero-order valence-corrected chi connectivity index (χ0v) is 7.80. The lowest BCUT2D eigenvalue weighted by molar-refractivity contribution is -0.143. The van der Waals surface area contributed by atoms with Crippen molar-refractivity contribution < 1.29 is 9.53 Å². The lowest BCUT2D eigenvalue weighted by Crippen LogP contribution is -2.20. The number of hydrogen-bond donors (Lipinski definition) is 0. The fraction of sp³-hybridized carbons (Fsp3) is 0.700. The highest BCUT2D eigenvalue weighted by Gasteiger charge is 2.23. The number of hydrogen-bond acceptors (Lipinski definition) is 2. The molecule has 0 bridgehead atoms. The third kappa shape index (κ3) is 2.68. The van der Waals surface area contributed by atoms with Crippen LogP contribution in [-0.2, 0) is 9.53 Å². The van der Waals surface area contributed by atoms with Crippen molar-refractivity contribution >= 4 is 5.97 Å². The van der Waals surface area contributed by atoms with Gasteiger partial charge in [0.2, 0.25) is 0 Å². The Bertz CT molecular complexity index is 178. The molecule has 1 aliphatic rings. The SMILES string of the molecule is C=C1CC(CC(C)C)CC(=O)O1. The van der Waals surface area contributed by atoms with Gasteiger partial charge in [-0.3, -0.25) is 4.79 Å². The number of cyclic esters (lactones) is 1. The molecule has 0 aromatic rings. The molecule has 0 saturated carbocycles. The minimum Gasteiger partial charge on any atom is -0.432 e. The first-order valence-electron chi connectivity index (χ1n) is 4.46. The van der Waals surface area contributed by atoms with E-state index in [1.807, 2.05) is 0 Å². The number of rotatable bonds is 2. The van der Waals surface area contributed by atoms with E-state index >= 15 is 0 Å². The monoisotopic (exact) mass is 168 g/mol. The second kappa shape index (κ2) is 3.74. The summed E-state index contributed by atoms with van der Waals surface area (Å²) in [5.41, 5.74) is 0. The third-order valence-corrected chi connectivity index (χ3v) is 2.03. The molecule has 1 rings (SSSR count). The quantitative estimate of drug-likeness (QED) is 0.592. The second-order valence-corrected chi connectivity index (χ2v) is 3.92. The second-order valence-electron chi connectivity index (χ2n) is 3.92. The van der Waals surface area contributed by atoms with Crippen LogP contribution in [0.1, 0.15) is 33.1 Å². The minimum absolute atomic E-state index is 0.114. The number of ether oxygens (including phenoxy) is 1. The summed E-state index contributed by atoms with van der Waals surface area (Å²) in [6, 6.07) is 0. The molecule has 2 heteroatoms. The summed E-state index contributed by atoms with van der Waals surface area (Å²) in [5.74, 6) is 1.63. The van der Waals surface area contributed by atoms with Crippen molar-refractivity contribution in [2.24, 2.45) is 11.8 Å². The van der Waals surface area contributed by atoms with Gasteiger partial charge in [0, 0.05) is 12.8 Å². The molecule has 1 fully saturated rings. The van der Waals surface area contributed by atoms with E-state index < -0.39 is 0 Å². The Morgan fingerprint density at radius 1 is 1.58 bits per heavy atom. The Kier molecular flexibility index (Phi) is 2.90. The first kappa shape index (κ1) is 9.30. The Balaban J connectivity index is 2.44. The van der Waals surface area contributed by atoms with Crippen molar-refractivity contribution in [2.75, 3.05) is 0 Å². The molecule has 1 atom stereocenters. The van der Waals surface area contributed by atoms with Crippen molar-refractivity contribution in [1.29, 1.82) is 0 Å². The van der Waals surface area contributed by atoms with Crippen LogP contribution in [0.15, 0.2) is 12.3 Å². The number of allylic oxidation sites excluding steroid dienone is 1. The molecule has 0 aromatic carbocycles. The predicted octanol–water partition coefficient (Wildman–Crippen LogP) is 2.50. The average Bonchev–Trinajstić information content (AvgIpc) is 1.81. The van der Waals surface area contributed by atoms with Crippen LogP contribution in [0.25, 0.3) is 0 Å². The van der Waals surface area contributed by atoms with E-state index in [1.165, 1.54) is 0 Å². The molecule has 0 amide bonds. The molecule has 0 spiro atoms. The van der Waals surface area contributed by atoms with Crippen molar-refractivity contribution in [2.45, 2.75) is 33.1 Å². The summed E-state index contributed by atoms with van der Waals surface area (Å²) in [4.78, 5) is 11.0. The Hall–Kier alpha value is -0.790. The van der Waals surface area contributed by atoms with Crippen LogP contribution in [0.5, 0.6) is 0 Å². The summed E-state index contributed by atoms with van der Waals surface area (Å²) in [6.07, 6.45) is 2.51. The summed E-state index contributed by atoms with van der Waals surface area (Å²) in [7, 11) is 0. The first-order chi connectivity index (χ1) is 5.58. The molecule has 1 heterocycles. The van der Waals surface area contributed by atoms with Crippen LogP contribution in [-0.4, -0.2) is 5.97 Å². The van der Waals surface area contributed by atoms with Crippen LogP contribution >= 0.6 is 0 Å². The van der Waals surface area contributed by atoms with E-state index in [0.29, 0.717) is 24.0 Å². The lowest BCUT2D eigenvalue weighted by Gasteiger charge is -2.23. The van der Waals surface area contributed by atoms with E-state index in [2.05, 4.69) is 20.4 Å². The molecular formula is C10H16O2. The molecule has 0 N–H and O–H groups in total. The van der Waals surface area contributed by atoms with Crippen LogP contribution in [0.4, 0.5) is 0 Å². The lowest BCUT2D eigenvalue weighted by atomic mass is 9.89. The Morgan fingerprint density at radius 2 is 2.25 bits per heavy atom. The van der Waals surface area contributed by atoms with Gasteiger partial charge in [0.15, 0.2) is 0 Å². The Morgan fingerprint density at radius 3 is 2.75 bits per heavy atom. The van der Waals surface area contributed by atoms with E-state index in [0.717, 1.165) is 12.8 Å². The van der Waals surface area contributed by atoms with Crippen LogP contribution in [0.3, 0.4) is 0 Å². The molecule has 12 heavy (non-hydrogen) atoms. The van der Waals surface area contributed by atoms with E-state index in [9.17, 15) is 4.79 Å². The van der Waals surface area contributed by atoms with Crippen molar-refractivity contribution in [3.05, 3.63) is 12.3 Å². The highest BCUT2D eigenvalue weighted by molar-refractivity contribution is 5.71. The third-order valence-electron chi connectivity index (χ3n) is 2.03. The maximum atomic E-state index is 11.0. The predicted molar refractivity (Wildman–Crippen MR) is 47.4 cm³/mol. The van der Waals surface area contributed by atoms with Gasteiger partial charge in [-0.05, 0) is 18.3 Å². The van der Waals surface area contributed by atoms with Gasteiger partial charge in [-0.1, -0.05) is 20.4 Å². The van der Waals surface area contributed by atoms with Gasteiger partial charge in [0.05, 0.1) is 0 Å². The van der Waals surface area contributed by atoms with Crippen molar-refractivity contribution in [1.82, 2.24) is 0 Å². The van der Waals surface area contributed by atoms with Gasteiger partial charge >= 0.3 is 5.97 Å². The maximum Gasteiger partial charge on any atom is 0.311 e. The summed E-state index contributed by atoms with van der Waals surface area (Å²) in [6.45, 7) is 8.02. The fourth-order valence-electron chi connectivity index (χ4n) is 1.71. The van der Waals surface area contributed by atoms with E-state index in [1.54, 1.807) is 0 Å². The molecule has 1 unspecified atom stereocenters. The largest absolute Gasteiger partial charge is 0.432 e. The number of carbonyl (C=O) groups is 1. The normalized spacial score (nSPS) is 24.4. The number of carbonyl (C=O) groups excluding carboxylic acids is 1. The topological polar surface area (TPSA) is 26.3 Å². The fourth-order valence-corrected chi connectivity index (χ4v) is 1.71. The smallest absolute Gasteiger partial charge is 0.311 e. The Labute approximate surface area is 73.6 Å². The summed E-state index contributed by atoms with van der Waals surface area (Å²) >= 11 is 0. The molecule has 0 radical (unpaired) electrons. The highest BCUT2D eigenvalue weighted by atomic mass is 16.5. The van der Waals surface area contributed by atoms with Gasteiger partial charge in [-0.2, -0.15) is 0 Å². The molecule has 68 valence electrons. The highest BCUT2D eigenvalue weighted by Crippen LogP contribution is 2.27. The van der Waals surface area contributed by atoms with Gasteiger partial charge in [0.25, 0.3) is 0 Å². The maximum absolute atomic E-state index is 11.0. The molecule has 0 aromatic heterocycles. The van der Waals surface area contributed by atoms with Gasteiger partial charge in [-0.15, -0.1) is 0 Å². The van der Waals surface area contributed by atoms with Crippen molar-refractivity contribution in [3.8, 4) is 0 Å². The number of esters is 1.